The van der Waals surface area contributed by atoms with Gasteiger partial charge in [-0.05, 0) is 18.5 Å². The second kappa shape index (κ2) is 8.39. The van der Waals surface area contributed by atoms with Gasteiger partial charge in [0.2, 0.25) is 0 Å². The predicted molar refractivity (Wildman–Crippen MR) is 72.6 cm³/mol. The lowest BCUT2D eigenvalue weighted by atomic mass is 10.1. The third-order valence-electron chi connectivity index (χ3n) is 2.53. The first-order valence-electron chi connectivity index (χ1n) is 5.81. The Morgan fingerprint density at radius 3 is 2.65 bits per heavy atom. The molecule has 0 aliphatic rings. The molecule has 0 spiro atoms. The lowest BCUT2D eigenvalue weighted by molar-refractivity contribution is 0.167. The van der Waals surface area contributed by atoms with E-state index in [-0.39, 0.29) is 6.04 Å². The van der Waals surface area contributed by atoms with Gasteiger partial charge in [-0.1, -0.05) is 30.3 Å². The van der Waals surface area contributed by atoms with Gasteiger partial charge in [0.15, 0.2) is 0 Å². The number of rotatable bonds is 8. The van der Waals surface area contributed by atoms with Crippen molar-refractivity contribution in [2.75, 3.05) is 32.3 Å². The Balaban J connectivity index is 2.41. The van der Waals surface area contributed by atoms with Crippen LogP contribution in [0.15, 0.2) is 30.3 Å². The first-order chi connectivity index (χ1) is 8.24. The maximum absolute atomic E-state index is 10.9. The molecule has 0 aliphatic heterocycles. The first kappa shape index (κ1) is 14.4. The van der Waals surface area contributed by atoms with E-state index in [0.29, 0.717) is 6.61 Å². The van der Waals surface area contributed by atoms with Gasteiger partial charge in [-0.15, -0.1) is 0 Å². The van der Waals surface area contributed by atoms with Crippen LogP contribution in [-0.4, -0.2) is 36.5 Å². The van der Waals surface area contributed by atoms with Crippen molar-refractivity contribution in [1.82, 2.24) is 5.32 Å². The maximum atomic E-state index is 10.9. The van der Waals surface area contributed by atoms with Crippen LogP contribution in [0.4, 0.5) is 0 Å². The van der Waals surface area contributed by atoms with Crippen molar-refractivity contribution in [3.63, 3.8) is 0 Å². The highest BCUT2D eigenvalue weighted by atomic mass is 32.2. The van der Waals surface area contributed by atoms with Gasteiger partial charge in [0.05, 0.1) is 12.6 Å². The fraction of sp³-hybridized carbons (Fsp3) is 0.538. The highest BCUT2D eigenvalue weighted by Crippen LogP contribution is 2.12. The molecular weight excluding hydrogens is 234 g/mol. The number of hydrogen-bond donors (Lipinski definition) is 1. The quantitative estimate of drug-likeness (QED) is 0.719. The molecule has 1 rings (SSSR count). The van der Waals surface area contributed by atoms with E-state index in [1.165, 1.54) is 5.56 Å². The summed E-state index contributed by atoms with van der Waals surface area (Å²) in [6.07, 6.45) is 2.67. The minimum Gasteiger partial charge on any atom is -0.383 e. The average Bonchev–Trinajstić information content (AvgIpc) is 2.34. The molecule has 0 amide bonds. The zero-order chi connectivity index (χ0) is 12.5. The molecule has 2 unspecified atom stereocenters. The summed E-state index contributed by atoms with van der Waals surface area (Å²) in [5.74, 6) is 0.751. The van der Waals surface area contributed by atoms with Crippen molar-refractivity contribution in [3.8, 4) is 0 Å². The van der Waals surface area contributed by atoms with E-state index in [0.717, 1.165) is 18.7 Å². The molecule has 0 bridgehead atoms. The van der Waals surface area contributed by atoms with Crippen LogP contribution in [0, 0.1) is 0 Å². The molecule has 0 aliphatic carbocycles. The molecule has 0 saturated heterocycles. The van der Waals surface area contributed by atoms with E-state index in [2.05, 4.69) is 17.4 Å². The van der Waals surface area contributed by atoms with Crippen LogP contribution in [0.3, 0.4) is 0 Å². The monoisotopic (exact) mass is 255 g/mol. The van der Waals surface area contributed by atoms with Gasteiger partial charge in [0, 0.05) is 29.9 Å². The average molecular weight is 255 g/mol. The summed E-state index contributed by atoms with van der Waals surface area (Å²) in [5, 5.41) is 3.43. The van der Waals surface area contributed by atoms with Gasteiger partial charge in [-0.25, -0.2) is 0 Å². The highest BCUT2D eigenvalue weighted by molar-refractivity contribution is 7.84. The fourth-order valence-electron chi connectivity index (χ4n) is 1.68. The minimum atomic E-state index is -0.700. The lowest BCUT2D eigenvalue weighted by Gasteiger charge is -2.18. The van der Waals surface area contributed by atoms with E-state index in [9.17, 15) is 4.21 Å². The predicted octanol–water partition coefficient (Wildman–Crippen LogP) is 1.73. The molecule has 4 heteroatoms. The Bertz CT molecular complexity index is 329. The molecule has 0 saturated carbocycles. The molecule has 0 fully saturated rings. The third kappa shape index (κ3) is 5.96. The summed E-state index contributed by atoms with van der Waals surface area (Å²) < 4.78 is 16.2. The Kier molecular flexibility index (Phi) is 7.08. The summed E-state index contributed by atoms with van der Waals surface area (Å²) in [5.41, 5.74) is 1.23. The van der Waals surface area contributed by atoms with Crippen LogP contribution in [0.5, 0.6) is 0 Å². The molecule has 1 aromatic rings. The Morgan fingerprint density at radius 1 is 1.35 bits per heavy atom. The molecule has 1 aromatic carbocycles. The maximum Gasteiger partial charge on any atom is 0.0657 e. The summed E-state index contributed by atoms with van der Waals surface area (Å²) in [4.78, 5) is 0. The van der Waals surface area contributed by atoms with Gasteiger partial charge in [0.1, 0.15) is 0 Å². The normalized spacial score (nSPS) is 14.5. The fourth-order valence-corrected chi connectivity index (χ4v) is 2.23. The molecule has 3 nitrogen and oxygen atoms in total. The smallest absolute Gasteiger partial charge is 0.0657 e. The number of hydrogen-bond acceptors (Lipinski definition) is 3. The van der Waals surface area contributed by atoms with E-state index in [4.69, 9.17) is 4.74 Å². The Labute approximate surface area is 106 Å². The van der Waals surface area contributed by atoms with Crippen molar-refractivity contribution in [2.45, 2.75) is 12.5 Å². The topological polar surface area (TPSA) is 38.3 Å². The second-order valence-corrected chi connectivity index (χ2v) is 5.56. The molecule has 0 radical (unpaired) electrons. The zero-order valence-corrected chi connectivity index (χ0v) is 11.3. The molecule has 17 heavy (non-hydrogen) atoms. The number of ether oxygens (including phenoxy) is 1. The van der Waals surface area contributed by atoms with Gasteiger partial charge >= 0.3 is 0 Å². The minimum absolute atomic E-state index is 0.214. The van der Waals surface area contributed by atoms with Crippen LogP contribution < -0.4 is 5.32 Å². The molecule has 1 N–H and O–H groups in total. The zero-order valence-electron chi connectivity index (χ0n) is 10.5. The van der Waals surface area contributed by atoms with E-state index < -0.39 is 10.8 Å². The molecule has 0 heterocycles. The van der Waals surface area contributed by atoms with Crippen LogP contribution in [0.2, 0.25) is 0 Å². The van der Waals surface area contributed by atoms with Crippen LogP contribution in [-0.2, 0) is 15.5 Å². The van der Waals surface area contributed by atoms with Crippen molar-refractivity contribution < 1.29 is 8.95 Å². The molecule has 0 aromatic heterocycles. The van der Waals surface area contributed by atoms with Crippen LogP contribution in [0.1, 0.15) is 18.0 Å². The third-order valence-corrected chi connectivity index (χ3v) is 3.40. The molecule has 2 atom stereocenters. The second-order valence-electron chi connectivity index (χ2n) is 4.00. The van der Waals surface area contributed by atoms with Crippen molar-refractivity contribution in [1.29, 1.82) is 0 Å². The van der Waals surface area contributed by atoms with Crippen molar-refractivity contribution in [2.24, 2.45) is 0 Å². The summed E-state index contributed by atoms with van der Waals surface area (Å²) in [7, 11) is 1.01. The SMILES string of the molecule is COCC(NCCCS(C)=O)c1ccccc1. The van der Waals surface area contributed by atoms with Crippen LogP contribution in [0.25, 0.3) is 0 Å². The number of methoxy groups -OCH3 is 1. The van der Waals surface area contributed by atoms with E-state index in [1.54, 1.807) is 13.4 Å². The Hall–Kier alpha value is -0.710. The van der Waals surface area contributed by atoms with Gasteiger partial charge < -0.3 is 10.1 Å². The summed E-state index contributed by atoms with van der Waals surface area (Å²) in [6.45, 7) is 1.52. The van der Waals surface area contributed by atoms with Gasteiger partial charge in [-0.3, -0.25) is 4.21 Å². The van der Waals surface area contributed by atoms with Crippen LogP contribution >= 0.6 is 0 Å². The largest absolute Gasteiger partial charge is 0.383 e. The standard InChI is InChI=1S/C13H21NO2S/c1-16-11-13(12-7-4-3-5-8-12)14-9-6-10-17(2)15/h3-5,7-8,13-14H,6,9-11H2,1-2H3. The number of nitrogens with one attached hydrogen (secondary N) is 1. The van der Waals surface area contributed by atoms with Crippen molar-refractivity contribution >= 4 is 10.8 Å². The van der Waals surface area contributed by atoms with E-state index in [1.807, 2.05) is 18.2 Å². The lowest BCUT2D eigenvalue weighted by Crippen LogP contribution is -2.26. The van der Waals surface area contributed by atoms with E-state index >= 15 is 0 Å². The summed E-state index contributed by atoms with van der Waals surface area (Å²) >= 11 is 0. The summed E-state index contributed by atoms with van der Waals surface area (Å²) in [6, 6.07) is 10.5. The van der Waals surface area contributed by atoms with Gasteiger partial charge in [0.25, 0.3) is 0 Å². The first-order valence-corrected chi connectivity index (χ1v) is 7.54. The van der Waals surface area contributed by atoms with Crippen molar-refractivity contribution in [3.05, 3.63) is 35.9 Å². The number of benzene rings is 1. The highest BCUT2D eigenvalue weighted by Gasteiger charge is 2.09. The Morgan fingerprint density at radius 2 is 2.06 bits per heavy atom. The molecular formula is C13H21NO2S. The van der Waals surface area contributed by atoms with Gasteiger partial charge in [-0.2, -0.15) is 0 Å². The molecule has 96 valence electrons.